The maximum atomic E-state index is 13.5. The van der Waals surface area contributed by atoms with Gasteiger partial charge in [-0.3, -0.25) is 4.79 Å². The fourth-order valence-corrected chi connectivity index (χ4v) is 6.49. The van der Waals surface area contributed by atoms with Crippen molar-refractivity contribution in [2.75, 3.05) is 27.3 Å². The van der Waals surface area contributed by atoms with Gasteiger partial charge in [-0.05, 0) is 49.1 Å². The zero-order valence-electron chi connectivity index (χ0n) is 22.1. The number of esters is 1. The van der Waals surface area contributed by atoms with E-state index in [4.69, 9.17) is 14.5 Å². The highest BCUT2D eigenvalue weighted by Gasteiger charge is 2.42. The Balaban J connectivity index is 1.33. The summed E-state index contributed by atoms with van der Waals surface area (Å²) in [7, 11) is 2.99. The van der Waals surface area contributed by atoms with Crippen LogP contribution >= 0.6 is 11.8 Å². The predicted octanol–water partition coefficient (Wildman–Crippen LogP) is 5.31. The first kappa shape index (κ1) is 26.1. The number of carbonyl (C=O) groups excluding carboxylic acids is 2. The lowest BCUT2D eigenvalue weighted by atomic mass is 9.90. The van der Waals surface area contributed by atoms with E-state index in [1.54, 1.807) is 7.11 Å². The van der Waals surface area contributed by atoms with E-state index in [2.05, 4.69) is 24.3 Å². The number of hydrogen-bond acceptors (Lipinski definition) is 7. The second kappa shape index (κ2) is 11.5. The number of likely N-dealkylation sites (tertiary alicyclic amines) is 1. The Morgan fingerprint density at radius 1 is 1.03 bits per heavy atom. The largest absolute Gasteiger partial charge is 0.496 e. The minimum Gasteiger partial charge on any atom is -0.496 e. The zero-order valence-corrected chi connectivity index (χ0v) is 22.9. The Bertz CT molecular complexity index is 1300. The van der Waals surface area contributed by atoms with Crippen molar-refractivity contribution in [2.45, 2.75) is 38.6 Å². The molecule has 1 fully saturated rings. The van der Waals surface area contributed by atoms with Gasteiger partial charge in [-0.1, -0.05) is 60.3 Å². The standard InChI is InChI=1S/C30H33N3O4S/c1-20-27(29(35)37-3)28(24-11-7-8-12-25(24)36-2)33-23(19-38-30(33)31-20)18-26(34)32-15-13-22(14-16-32)17-21-9-5-4-6-10-21/h4-12,19,22,28H,13-18H2,1-3H3/t28-/m0/s1. The van der Waals surface area contributed by atoms with Gasteiger partial charge in [-0.2, -0.15) is 0 Å². The molecule has 0 radical (unpaired) electrons. The molecule has 3 aliphatic heterocycles. The number of hydrogen-bond donors (Lipinski definition) is 0. The van der Waals surface area contributed by atoms with Crippen LogP contribution in [0.25, 0.3) is 0 Å². The lowest BCUT2D eigenvalue weighted by molar-refractivity contribution is -0.136. The quantitative estimate of drug-likeness (QED) is 0.451. The Labute approximate surface area is 228 Å². The number of carbonyl (C=O) groups is 2. The molecule has 1 atom stereocenters. The number of methoxy groups -OCH3 is 2. The Morgan fingerprint density at radius 3 is 2.45 bits per heavy atom. The van der Waals surface area contributed by atoms with Crippen LogP contribution in [0, 0.1) is 5.92 Å². The monoisotopic (exact) mass is 531 g/mol. The maximum absolute atomic E-state index is 13.5. The molecular weight excluding hydrogens is 498 g/mol. The molecule has 0 bridgehead atoms. The Hall–Kier alpha value is -3.52. The van der Waals surface area contributed by atoms with Crippen molar-refractivity contribution in [1.82, 2.24) is 9.80 Å². The third-order valence-electron chi connectivity index (χ3n) is 7.51. The summed E-state index contributed by atoms with van der Waals surface area (Å²) in [5, 5.41) is 2.73. The van der Waals surface area contributed by atoms with Gasteiger partial charge >= 0.3 is 5.97 Å². The molecule has 2 aromatic carbocycles. The fraction of sp³-hybridized carbons (Fsp3) is 0.367. The summed E-state index contributed by atoms with van der Waals surface area (Å²) in [4.78, 5) is 35.1. The van der Waals surface area contributed by atoms with E-state index in [0.717, 1.165) is 48.8 Å². The molecule has 5 rings (SSSR count). The fourth-order valence-electron chi connectivity index (χ4n) is 5.53. The smallest absolute Gasteiger partial charge is 0.338 e. The highest BCUT2D eigenvalue weighted by molar-refractivity contribution is 8.16. The van der Waals surface area contributed by atoms with Crippen LogP contribution < -0.4 is 4.74 Å². The van der Waals surface area contributed by atoms with Crippen LogP contribution in [-0.2, 0) is 20.7 Å². The summed E-state index contributed by atoms with van der Waals surface area (Å²) < 4.78 is 10.8. The minimum absolute atomic E-state index is 0.0981. The van der Waals surface area contributed by atoms with Crippen molar-refractivity contribution in [1.29, 1.82) is 0 Å². The molecule has 0 N–H and O–H groups in total. The Morgan fingerprint density at radius 2 is 1.74 bits per heavy atom. The van der Waals surface area contributed by atoms with Gasteiger partial charge in [0.2, 0.25) is 5.91 Å². The van der Waals surface area contributed by atoms with Crippen LogP contribution in [0.15, 0.2) is 82.0 Å². The number of ether oxygens (including phenoxy) is 2. The second-order valence-electron chi connectivity index (χ2n) is 9.82. The number of piperidine rings is 1. The van der Waals surface area contributed by atoms with Crippen molar-refractivity contribution in [3.8, 4) is 5.75 Å². The van der Waals surface area contributed by atoms with Gasteiger partial charge in [0.15, 0.2) is 5.17 Å². The predicted molar refractivity (Wildman–Crippen MR) is 149 cm³/mol. The van der Waals surface area contributed by atoms with Crippen LogP contribution in [0.3, 0.4) is 0 Å². The van der Waals surface area contributed by atoms with Gasteiger partial charge in [0.25, 0.3) is 0 Å². The highest BCUT2D eigenvalue weighted by atomic mass is 32.2. The van der Waals surface area contributed by atoms with Crippen molar-refractivity contribution in [3.05, 3.63) is 88.1 Å². The van der Waals surface area contributed by atoms with Crippen LogP contribution in [0.4, 0.5) is 0 Å². The van der Waals surface area contributed by atoms with Crippen LogP contribution in [0.5, 0.6) is 5.75 Å². The minimum atomic E-state index is -0.503. The highest BCUT2D eigenvalue weighted by Crippen LogP contribution is 2.47. The second-order valence-corrected chi connectivity index (χ2v) is 10.7. The molecule has 8 heteroatoms. The van der Waals surface area contributed by atoms with Crippen molar-refractivity contribution >= 4 is 28.8 Å². The number of thioether (sulfide) groups is 1. The average molecular weight is 532 g/mol. The molecule has 7 nitrogen and oxygen atoms in total. The molecule has 0 aromatic heterocycles. The molecule has 38 heavy (non-hydrogen) atoms. The first-order valence-electron chi connectivity index (χ1n) is 13.0. The van der Waals surface area contributed by atoms with Crippen LogP contribution in [0.1, 0.15) is 43.4 Å². The third-order valence-corrected chi connectivity index (χ3v) is 8.39. The topological polar surface area (TPSA) is 71.4 Å². The molecule has 0 unspecified atom stereocenters. The van der Waals surface area contributed by atoms with Crippen molar-refractivity contribution < 1.29 is 19.1 Å². The molecule has 0 saturated carbocycles. The number of allylic oxidation sites excluding steroid dienone is 1. The molecule has 3 aliphatic rings. The number of aliphatic imine (C=N–C) groups is 1. The van der Waals surface area contributed by atoms with Gasteiger partial charge in [-0.15, -0.1) is 0 Å². The van der Waals surface area contributed by atoms with Crippen LogP contribution in [-0.4, -0.2) is 54.2 Å². The zero-order chi connectivity index (χ0) is 26.6. The number of amidine groups is 1. The third kappa shape index (κ3) is 5.23. The molecule has 3 heterocycles. The van der Waals surface area contributed by atoms with Gasteiger partial charge < -0.3 is 19.3 Å². The van der Waals surface area contributed by atoms with Crippen molar-refractivity contribution in [2.24, 2.45) is 10.9 Å². The van der Waals surface area contributed by atoms with Gasteiger partial charge in [0, 0.05) is 24.4 Å². The summed E-state index contributed by atoms with van der Waals surface area (Å²) in [6, 6.07) is 17.7. The number of benzene rings is 2. The molecule has 2 aromatic rings. The van der Waals surface area contributed by atoms with E-state index < -0.39 is 12.0 Å². The number of nitrogens with zero attached hydrogens (tertiary/aromatic N) is 3. The summed E-state index contributed by atoms with van der Waals surface area (Å²) in [6.07, 6.45) is 3.31. The molecular formula is C30H33N3O4S. The van der Waals surface area contributed by atoms with Gasteiger partial charge in [0.1, 0.15) is 5.75 Å². The summed E-state index contributed by atoms with van der Waals surface area (Å²) in [5.41, 5.74) is 4.06. The van der Waals surface area contributed by atoms with E-state index in [1.807, 2.05) is 52.5 Å². The Kier molecular flexibility index (Phi) is 7.88. The average Bonchev–Trinajstić information content (AvgIpc) is 3.34. The number of fused-ring (bicyclic) bond motifs is 1. The lowest BCUT2D eigenvalue weighted by Crippen LogP contribution is -2.41. The molecule has 198 valence electrons. The van der Waals surface area contributed by atoms with E-state index in [-0.39, 0.29) is 12.3 Å². The maximum Gasteiger partial charge on any atom is 0.338 e. The van der Waals surface area contributed by atoms with Crippen LogP contribution in [0.2, 0.25) is 0 Å². The SMILES string of the molecule is COC(=O)C1=C(C)N=C2SC=C(CC(=O)N3CCC(Cc4ccccc4)CC3)N2[C@H]1c1ccccc1OC. The number of amides is 1. The summed E-state index contributed by atoms with van der Waals surface area (Å²) >= 11 is 1.48. The molecule has 0 aliphatic carbocycles. The number of rotatable bonds is 7. The molecule has 1 amide bonds. The van der Waals surface area contributed by atoms with Gasteiger partial charge in [0.05, 0.1) is 38.0 Å². The van der Waals surface area contributed by atoms with E-state index in [1.165, 1.54) is 24.4 Å². The van der Waals surface area contributed by atoms with E-state index in [0.29, 0.717) is 22.9 Å². The van der Waals surface area contributed by atoms with Gasteiger partial charge in [-0.25, -0.2) is 9.79 Å². The first-order chi connectivity index (χ1) is 18.5. The van der Waals surface area contributed by atoms with E-state index in [9.17, 15) is 9.59 Å². The molecule has 1 saturated heterocycles. The normalized spacial score (nSPS) is 19.6. The lowest BCUT2D eigenvalue weighted by Gasteiger charge is -2.37. The summed E-state index contributed by atoms with van der Waals surface area (Å²) in [6.45, 7) is 3.35. The van der Waals surface area contributed by atoms with Crippen molar-refractivity contribution in [3.63, 3.8) is 0 Å². The first-order valence-corrected chi connectivity index (χ1v) is 13.9. The molecule has 0 spiro atoms. The summed E-state index contributed by atoms with van der Waals surface area (Å²) in [5.74, 6) is 0.912. The number of para-hydroxylation sites is 1. The van der Waals surface area contributed by atoms with E-state index >= 15 is 0 Å².